The Kier molecular flexibility index (Phi) is 8.78. The Morgan fingerprint density at radius 1 is 0.914 bits per heavy atom. The van der Waals surface area contributed by atoms with Gasteiger partial charge < -0.3 is 10.1 Å². The van der Waals surface area contributed by atoms with E-state index in [0.717, 1.165) is 0 Å². The Bertz CT molecular complexity index is 1210. The summed E-state index contributed by atoms with van der Waals surface area (Å²) < 4.78 is 5.25. The van der Waals surface area contributed by atoms with E-state index in [-0.39, 0.29) is 35.2 Å². The molecule has 178 valence electrons. The number of nitro groups is 1. The van der Waals surface area contributed by atoms with E-state index in [1.54, 1.807) is 48.5 Å². The zero-order chi connectivity index (χ0) is 25.0. The second kappa shape index (κ2) is 12.4. The van der Waals surface area contributed by atoms with E-state index in [9.17, 15) is 24.5 Å². The van der Waals surface area contributed by atoms with Gasteiger partial charge in [-0.05, 0) is 60.5 Å². The van der Waals surface area contributed by atoms with Crippen LogP contribution in [0.4, 0.5) is 5.69 Å². The van der Waals surface area contributed by atoms with Crippen LogP contribution in [-0.4, -0.2) is 35.5 Å². The van der Waals surface area contributed by atoms with Crippen LogP contribution in [0.15, 0.2) is 84.0 Å². The first kappa shape index (κ1) is 24.8. The second-order valence-electron chi connectivity index (χ2n) is 7.28. The third kappa shape index (κ3) is 7.90. The minimum absolute atomic E-state index is 0.118. The normalized spacial score (nSPS) is 10.5. The van der Waals surface area contributed by atoms with Crippen molar-refractivity contribution >= 4 is 29.7 Å². The molecule has 2 N–H and O–H groups in total. The molecule has 0 radical (unpaired) electrons. The van der Waals surface area contributed by atoms with Crippen molar-refractivity contribution < 1.29 is 24.0 Å². The van der Waals surface area contributed by atoms with E-state index in [2.05, 4.69) is 15.8 Å². The number of nitrogens with zero attached hydrogens (tertiary/aromatic N) is 2. The summed E-state index contributed by atoms with van der Waals surface area (Å²) >= 11 is 0. The highest BCUT2D eigenvalue weighted by Gasteiger charge is 2.11. The maximum Gasteiger partial charge on any atom is 0.343 e. The number of carbonyl (C=O) groups is 3. The lowest BCUT2D eigenvalue weighted by Gasteiger charge is -2.05. The maximum absolute atomic E-state index is 12.2. The Morgan fingerprint density at radius 2 is 1.60 bits per heavy atom. The van der Waals surface area contributed by atoms with Crippen molar-refractivity contribution in [3.05, 3.63) is 106 Å². The zero-order valence-corrected chi connectivity index (χ0v) is 18.5. The van der Waals surface area contributed by atoms with Gasteiger partial charge in [-0.1, -0.05) is 18.2 Å². The Morgan fingerprint density at radius 3 is 2.26 bits per heavy atom. The number of esters is 1. The van der Waals surface area contributed by atoms with Crippen molar-refractivity contribution in [3.8, 4) is 5.75 Å². The van der Waals surface area contributed by atoms with E-state index in [1.165, 1.54) is 30.5 Å². The SMILES string of the molecule is O=C(CCCNC(=O)c1ccccc1)NN=Cc1ccc(OC(=O)c2ccc([N+](=O)[O-])cc2)cc1. The van der Waals surface area contributed by atoms with Gasteiger partial charge in [-0.25, -0.2) is 10.2 Å². The van der Waals surface area contributed by atoms with E-state index < -0.39 is 10.9 Å². The van der Waals surface area contributed by atoms with Crippen LogP contribution in [-0.2, 0) is 4.79 Å². The molecule has 0 unspecified atom stereocenters. The van der Waals surface area contributed by atoms with Gasteiger partial charge >= 0.3 is 5.97 Å². The van der Waals surface area contributed by atoms with Crippen LogP contribution in [0.3, 0.4) is 0 Å². The predicted molar refractivity (Wildman–Crippen MR) is 128 cm³/mol. The molecule has 0 bridgehead atoms. The first-order chi connectivity index (χ1) is 16.9. The topological polar surface area (TPSA) is 140 Å². The molecular formula is C25H22N4O6. The fourth-order valence-electron chi connectivity index (χ4n) is 2.88. The highest BCUT2D eigenvalue weighted by Crippen LogP contribution is 2.16. The molecule has 0 heterocycles. The van der Waals surface area contributed by atoms with Crippen molar-refractivity contribution in [2.45, 2.75) is 12.8 Å². The number of carbonyl (C=O) groups excluding carboxylic acids is 3. The minimum Gasteiger partial charge on any atom is -0.423 e. The van der Waals surface area contributed by atoms with Crippen LogP contribution in [0.5, 0.6) is 5.75 Å². The number of ether oxygens (including phenoxy) is 1. The minimum atomic E-state index is -0.645. The average molecular weight is 474 g/mol. The van der Waals surface area contributed by atoms with E-state index >= 15 is 0 Å². The molecule has 0 saturated carbocycles. The van der Waals surface area contributed by atoms with Gasteiger partial charge in [0.2, 0.25) is 5.91 Å². The smallest absolute Gasteiger partial charge is 0.343 e. The van der Waals surface area contributed by atoms with Crippen LogP contribution in [0.25, 0.3) is 0 Å². The first-order valence-corrected chi connectivity index (χ1v) is 10.6. The van der Waals surface area contributed by atoms with Gasteiger partial charge in [0.1, 0.15) is 5.75 Å². The van der Waals surface area contributed by atoms with Crippen molar-refractivity contribution in [2.24, 2.45) is 5.10 Å². The van der Waals surface area contributed by atoms with Gasteiger partial charge in [0.25, 0.3) is 11.6 Å². The lowest BCUT2D eigenvalue weighted by atomic mass is 10.2. The van der Waals surface area contributed by atoms with Crippen molar-refractivity contribution in [1.82, 2.24) is 10.7 Å². The zero-order valence-electron chi connectivity index (χ0n) is 18.5. The molecule has 0 aliphatic rings. The van der Waals surface area contributed by atoms with Gasteiger partial charge in [-0.15, -0.1) is 0 Å². The van der Waals surface area contributed by atoms with E-state index in [0.29, 0.717) is 24.1 Å². The molecule has 0 atom stereocenters. The third-order valence-electron chi connectivity index (χ3n) is 4.71. The van der Waals surface area contributed by atoms with Crippen LogP contribution in [0, 0.1) is 10.1 Å². The molecule has 2 amide bonds. The Balaban J connectivity index is 1.38. The number of amides is 2. The van der Waals surface area contributed by atoms with E-state index in [4.69, 9.17) is 4.74 Å². The number of hydrogen-bond donors (Lipinski definition) is 2. The summed E-state index contributed by atoms with van der Waals surface area (Å²) in [6.45, 7) is 0.366. The number of nitro benzene ring substituents is 1. The van der Waals surface area contributed by atoms with Gasteiger partial charge in [-0.3, -0.25) is 19.7 Å². The summed E-state index contributed by atoms with van der Waals surface area (Å²) in [5.41, 5.74) is 3.71. The quantitative estimate of drug-likeness (QED) is 0.115. The summed E-state index contributed by atoms with van der Waals surface area (Å²) in [5.74, 6) is -0.838. The molecule has 3 aromatic carbocycles. The predicted octanol–water partition coefficient (Wildman–Crippen LogP) is 3.47. The van der Waals surface area contributed by atoms with Gasteiger partial charge in [0, 0.05) is 30.7 Å². The molecular weight excluding hydrogens is 452 g/mol. The summed E-state index contributed by atoms with van der Waals surface area (Å²) in [6, 6.07) is 20.3. The van der Waals surface area contributed by atoms with Gasteiger partial charge in [0.15, 0.2) is 0 Å². The standard InChI is InChI=1S/C25H22N4O6/c30-23(7-4-16-26-24(31)19-5-2-1-3-6-19)28-27-17-18-8-14-22(15-9-18)35-25(32)20-10-12-21(13-11-20)29(33)34/h1-3,5-6,8-15,17H,4,7,16H2,(H,26,31)(H,28,30). The van der Waals surface area contributed by atoms with Crippen LogP contribution < -0.4 is 15.5 Å². The average Bonchev–Trinajstić information content (AvgIpc) is 2.88. The Hall–Kier alpha value is -4.86. The molecule has 0 aromatic heterocycles. The molecule has 0 aliphatic carbocycles. The second-order valence-corrected chi connectivity index (χ2v) is 7.28. The largest absolute Gasteiger partial charge is 0.423 e. The van der Waals surface area contributed by atoms with Crippen molar-refractivity contribution in [1.29, 1.82) is 0 Å². The number of benzene rings is 3. The van der Waals surface area contributed by atoms with Gasteiger partial charge in [-0.2, -0.15) is 5.10 Å². The molecule has 0 aliphatic heterocycles. The van der Waals surface area contributed by atoms with Crippen LogP contribution in [0.1, 0.15) is 39.1 Å². The molecule has 0 saturated heterocycles. The number of rotatable bonds is 10. The number of hydrazone groups is 1. The summed E-state index contributed by atoms with van der Waals surface area (Å²) in [4.78, 5) is 46.1. The van der Waals surface area contributed by atoms with E-state index in [1.807, 2.05) is 6.07 Å². The highest BCUT2D eigenvalue weighted by atomic mass is 16.6. The molecule has 35 heavy (non-hydrogen) atoms. The molecule has 3 aromatic rings. The molecule has 0 fully saturated rings. The monoisotopic (exact) mass is 474 g/mol. The number of hydrogen-bond acceptors (Lipinski definition) is 7. The summed E-state index contributed by atoms with van der Waals surface area (Å²) in [7, 11) is 0. The third-order valence-corrected chi connectivity index (χ3v) is 4.71. The molecule has 10 heteroatoms. The maximum atomic E-state index is 12.2. The fraction of sp³-hybridized carbons (Fsp3) is 0.120. The first-order valence-electron chi connectivity index (χ1n) is 10.6. The van der Waals surface area contributed by atoms with Crippen molar-refractivity contribution in [2.75, 3.05) is 6.54 Å². The summed E-state index contributed by atoms with van der Waals surface area (Å²) in [6.07, 6.45) is 2.11. The fourth-order valence-corrected chi connectivity index (χ4v) is 2.88. The highest BCUT2D eigenvalue weighted by molar-refractivity contribution is 5.94. The molecule has 0 spiro atoms. The van der Waals surface area contributed by atoms with Crippen LogP contribution >= 0.6 is 0 Å². The lowest BCUT2D eigenvalue weighted by Crippen LogP contribution is -2.26. The molecule has 3 rings (SSSR count). The number of non-ortho nitro benzene ring substituents is 1. The van der Waals surface area contributed by atoms with Crippen molar-refractivity contribution in [3.63, 3.8) is 0 Å². The summed E-state index contributed by atoms with van der Waals surface area (Å²) in [5, 5.41) is 17.3. The Labute approximate surface area is 200 Å². The van der Waals surface area contributed by atoms with Crippen LogP contribution in [0.2, 0.25) is 0 Å². The number of nitrogens with one attached hydrogen (secondary N) is 2. The molecule has 10 nitrogen and oxygen atoms in total. The van der Waals surface area contributed by atoms with Gasteiger partial charge in [0.05, 0.1) is 16.7 Å². The lowest BCUT2D eigenvalue weighted by molar-refractivity contribution is -0.384.